The van der Waals surface area contributed by atoms with E-state index < -0.39 is 17.9 Å². The maximum atomic E-state index is 13.3. The van der Waals surface area contributed by atoms with Gasteiger partial charge in [0, 0.05) is 34.4 Å². The van der Waals surface area contributed by atoms with Crippen molar-refractivity contribution < 1.29 is 18.4 Å². The van der Waals surface area contributed by atoms with E-state index >= 15 is 0 Å². The highest BCUT2D eigenvalue weighted by Gasteiger charge is 2.51. The number of halogens is 3. The second-order valence-electron chi connectivity index (χ2n) is 8.03. The van der Waals surface area contributed by atoms with Crippen molar-refractivity contribution in [3.8, 4) is 0 Å². The molecule has 1 aliphatic carbocycles. The molecule has 0 aliphatic heterocycles. The lowest BCUT2D eigenvalue weighted by atomic mass is 10.1. The number of nitrogens with one attached hydrogen (secondary N) is 3. The van der Waals surface area contributed by atoms with Gasteiger partial charge in [0.2, 0.25) is 5.91 Å². The van der Waals surface area contributed by atoms with Gasteiger partial charge in [-0.25, -0.2) is 8.78 Å². The van der Waals surface area contributed by atoms with Crippen LogP contribution in [0.3, 0.4) is 0 Å². The van der Waals surface area contributed by atoms with Crippen LogP contribution in [0.25, 0.3) is 0 Å². The molecule has 1 saturated carbocycles. The van der Waals surface area contributed by atoms with Gasteiger partial charge < -0.3 is 21.7 Å². The number of hydrogen-bond donors (Lipinski definition) is 4. The summed E-state index contributed by atoms with van der Waals surface area (Å²) >= 11 is 5.81. The second kappa shape index (κ2) is 11.1. The van der Waals surface area contributed by atoms with Crippen LogP contribution in [0, 0.1) is 0 Å². The predicted molar refractivity (Wildman–Crippen MR) is 131 cm³/mol. The number of pyridine rings is 1. The fraction of sp³-hybridized carbons (Fsp3) is 0.250. The van der Waals surface area contributed by atoms with Gasteiger partial charge in [-0.15, -0.1) is 0 Å². The van der Waals surface area contributed by atoms with E-state index in [9.17, 15) is 18.4 Å². The summed E-state index contributed by atoms with van der Waals surface area (Å²) in [4.78, 5) is 33.4. The summed E-state index contributed by atoms with van der Waals surface area (Å²) < 4.78 is 26.5. The zero-order chi connectivity index (χ0) is 25.6. The number of carbonyl (C=O) groups is 2. The molecule has 8 nitrogen and oxygen atoms in total. The SMILES string of the molecule is C=C(C)N=C/C(=C\N)C(=O)NC1(C(=O)NCc2ccc(Nc3ccc(Cl)cc3C(F)F)cn2)CC1. The first-order chi connectivity index (χ1) is 16.6. The number of alkyl halides is 2. The molecule has 2 aromatic rings. The van der Waals surface area contributed by atoms with E-state index in [2.05, 4.69) is 32.5 Å². The van der Waals surface area contributed by atoms with Crippen molar-refractivity contribution in [3.05, 3.63) is 76.9 Å². The molecule has 1 aromatic carbocycles. The molecule has 35 heavy (non-hydrogen) atoms. The third kappa shape index (κ3) is 6.86. The predicted octanol–water partition coefficient (Wildman–Crippen LogP) is 4.13. The summed E-state index contributed by atoms with van der Waals surface area (Å²) in [5, 5.41) is 8.59. The van der Waals surface area contributed by atoms with Gasteiger partial charge in [-0.3, -0.25) is 19.6 Å². The number of anilines is 2. The van der Waals surface area contributed by atoms with Gasteiger partial charge >= 0.3 is 0 Å². The Labute approximate surface area is 206 Å². The maximum Gasteiger partial charge on any atom is 0.265 e. The smallest absolute Gasteiger partial charge is 0.265 e. The second-order valence-corrected chi connectivity index (χ2v) is 8.47. The van der Waals surface area contributed by atoms with Crippen LogP contribution in [0.15, 0.2) is 65.6 Å². The fourth-order valence-corrected chi connectivity index (χ4v) is 3.29. The number of carbonyl (C=O) groups excluding carboxylic acids is 2. The lowest BCUT2D eigenvalue weighted by Gasteiger charge is -2.17. The van der Waals surface area contributed by atoms with Crippen LogP contribution in [0.1, 0.15) is 37.4 Å². The highest BCUT2D eigenvalue weighted by atomic mass is 35.5. The van der Waals surface area contributed by atoms with E-state index in [0.29, 0.717) is 29.9 Å². The first-order valence-corrected chi connectivity index (χ1v) is 11.0. The molecule has 0 atom stereocenters. The minimum absolute atomic E-state index is 0.118. The van der Waals surface area contributed by atoms with Crippen LogP contribution in [-0.2, 0) is 16.1 Å². The van der Waals surface area contributed by atoms with Crippen molar-refractivity contribution >= 4 is 41.0 Å². The molecule has 0 radical (unpaired) electrons. The Morgan fingerprint density at radius 2 is 2.06 bits per heavy atom. The molecule has 184 valence electrons. The van der Waals surface area contributed by atoms with Gasteiger partial charge in [0.05, 0.1) is 29.7 Å². The summed E-state index contributed by atoms with van der Waals surface area (Å²) in [6, 6.07) is 7.50. The van der Waals surface area contributed by atoms with E-state index in [-0.39, 0.29) is 34.3 Å². The molecule has 1 fully saturated rings. The van der Waals surface area contributed by atoms with E-state index in [1.807, 2.05) is 0 Å². The van der Waals surface area contributed by atoms with Crippen molar-refractivity contribution in [2.24, 2.45) is 10.7 Å². The highest BCUT2D eigenvalue weighted by molar-refractivity contribution is 6.30. The topological polar surface area (TPSA) is 121 Å². The molecule has 0 spiro atoms. The van der Waals surface area contributed by atoms with Crippen molar-refractivity contribution in [2.45, 2.75) is 38.3 Å². The summed E-state index contributed by atoms with van der Waals surface area (Å²) in [6.07, 6.45) is 2.17. The Kier molecular flexibility index (Phi) is 8.18. The van der Waals surface area contributed by atoms with Gasteiger partial charge in [-0.1, -0.05) is 18.2 Å². The molecule has 11 heteroatoms. The van der Waals surface area contributed by atoms with Crippen LogP contribution in [-0.4, -0.2) is 28.6 Å². The Morgan fingerprint density at radius 3 is 2.63 bits per heavy atom. The number of aliphatic imine (C=N–C) groups is 1. The third-order valence-electron chi connectivity index (χ3n) is 5.19. The van der Waals surface area contributed by atoms with E-state index in [1.165, 1.54) is 30.6 Å². The molecular weight excluding hydrogens is 478 g/mol. The molecule has 0 unspecified atom stereocenters. The van der Waals surface area contributed by atoms with E-state index in [0.717, 1.165) is 6.20 Å². The molecule has 2 amide bonds. The summed E-state index contributed by atoms with van der Waals surface area (Å²) in [6.45, 7) is 5.42. The first kappa shape index (κ1) is 25.8. The molecule has 1 aliphatic rings. The summed E-state index contributed by atoms with van der Waals surface area (Å²) in [5.74, 6) is -0.852. The van der Waals surface area contributed by atoms with Crippen molar-refractivity contribution in [3.63, 3.8) is 0 Å². The Morgan fingerprint density at radius 1 is 1.31 bits per heavy atom. The quantitative estimate of drug-likeness (QED) is 0.287. The van der Waals surface area contributed by atoms with Crippen LogP contribution in [0.2, 0.25) is 5.02 Å². The zero-order valence-electron chi connectivity index (χ0n) is 18.9. The third-order valence-corrected chi connectivity index (χ3v) is 5.42. The lowest BCUT2D eigenvalue weighted by molar-refractivity contribution is -0.128. The minimum atomic E-state index is -2.69. The molecule has 0 bridgehead atoms. The van der Waals surface area contributed by atoms with Gasteiger partial charge in [-0.05, 0) is 50.1 Å². The fourth-order valence-electron chi connectivity index (χ4n) is 3.11. The molecule has 3 rings (SSSR count). The van der Waals surface area contributed by atoms with Crippen molar-refractivity contribution in [2.75, 3.05) is 5.32 Å². The van der Waals surface area contributed by atoms with Gasteiger partial charge in [-0.2, -0.15) is 0 Å². The Hall–Kier alpha value is -3.79. The normalized spacial score (nSPS) is 14.6. The zero-order valence-corrected chi connectivity index (χ0v) is 19.7. The number of aromatic nitrogens is 1. The molecule has 1 heterocycles. The monoisotopic (exact) mass is 502 g/mol. The summed E-state index contributed by atoms with van der Waals surface area (Å²) in [5.41, 5.74) is 6.16. The molecule has 1 aromatic heterocycles. The van der Waals surface area contributed by atoms with E-state index in [4.69, 9.17) is 17.3 Å². The first-order valence-electron chi connectivity index (χ1n) is 10.7. The van der Waals surface area contributed by atoms with Crippen LogP contribution >= 0.6 is 11.6 Å². The molecule has 0 saturated heterocycles. The lowest BCUT2D eigenvalue weighted by Crippen LogP contribution is -2.49. The van der Waals surface area contributed by atoms with Crippen LogP contribution < -0.4 is 21.7 Å². The Bertz CT molecular complexity index is 1180. The number of hydrogen-bond acceptors (Lipinski definition) is 6. The largest absolute Gasteiger partial charge is 0.404 e. The number of nitrogens with zero attached hydrogens (tertiary/aromatic N) is 2. The number of amides is 2. The van der Waals surface area contributed by atoms with Gasteiger partial charge in [0.15, 0.2) is 0 Å². The number of benzene rings is 1. The minimum Gasteiger partial charge on any atom is -0.404 e. The van der Waals surface area contributed by atoms with Crippen molar-refractivity contribution in [1.82, 2.24) is 15.6 Å². The van der Waals surface area contributed by atoms with Gasteiger partial charge in [0.25, 0.3) is 12.3 Å². The number of nitrogens with two attached hydrogens (primary N) is 1. The highest BCUT2D eigenvalue weighted by Crippen LogP contribution is 2.36. The van der Waals surface area contributed by atoms with Crippen molar-refractivity contribution in [1.29, 1.82) is 0 Å². The number of rotatable bonds is 10. The van der Waals surface area contributed by atoms with Crippen LogP contribution in [0.4, 0.5) is 20.2 Å². The maximum absolute atomic E-state index is 13.3. The average Bonchev–Trinajstić information content (AvgIpc) is 3.60. The summed E-state index contributed by atoms with van der Waals surface area (Å²) in [7, 11) is 0. The van der Waals surface area contributed by atoms with E-state index in [1.54, 1.807) is 19.1 Å². The molecular formula is C24H25ClF2N6O2. The number of allylic oxidation sites excluding steroid dienone is 1. The van der Waals surface area contributed by atoms with Crippen LogP contribution in [0.5, 0.6) is 0 Å². The Balaban J connectivity index is 1.57. The molecule has 5 N–H and O–H groups in total. The average molecular weight is 503 g/mol. The standard InChI is InChI=1S/C24H25ClF2N6O2/c1-14(2)29-11-15(10-28)22(34)33-24(7-8-24)23(35)31-12-17-4-5-18(13-30-17)32-20-6-3-16(25)9-19(20)21(26)27/h3-6,9-11,13,21,32H,1,7-8,12,28H2,2H3,(H,31,35)(H,33,34)/b15-10+,29-11?. The van der Waals surface area contributed by atoms with Gasteiger partial charge in [0.1, 0.15) is 5.54 Å².